The van der Waals surface area contributed by atoms with Crippen molar-refractivity contribution in [1.29, 1.82) is 0 Å². The molecular formula is C23H19NO5. The van der Waals surface area contributed by atoms with E-state index >= 15 is 0 Å². The van der Waals surface area contributed by atoms with Crippen LogP contribution in [0.3, 0.4) is 0 Å². The van der Waals surface area contributed by atoms with E-state index in [4.69, 9.17) is 13.6 Å². The first kappa shape index (κ1) is 18.6. The first-order valence-electron chi connectivity index (χ1n) is 9.06. The molecule has 0 amide bonds. The summed E-state index contributed by atoms with van der Waals surface area (Å²) in [5.74, 6) is 0.464. The second-order valence-electron chi connectivity index (χ2n) is 6.70. The number of anilines is 2. The number of para-hydroxylation sites is 1. The van der Waals surface area contributed by atoms with Gasteiger partial charge in [0, 0.05) is 11.8 Å². The van der Waals surface area contributed by atoms with Crippen molar-refractivity contribution < 1.29 is 18.4 Å². The zero-order valence-electron chi connectivity index (χ0n) is 16.2. The zero-order valence-corrected chi connectivity index (χ0v) is 16.2. The molecule has 6 nitrogen and oxygen atoms in total. The van der Waals surface area contributed by atoms with Gasteiger partial charge >= 0.3 is 11.6 Å². The molecule has 0 bridgehead atoms. The van der Waals surface area contributed by atoms with E-state index in [1.54, 1.807) is 37.3 Å². The molecule has 2 heterocycles. The molecule has 0 unspecified atom stereocenters. The number of hydrogen-bond donors (Lipinski definition) is 1. The van der Waals surface area contributed by atoms with E-state index in [1.807, 2.05) is 31.2 Å². The molecule has 0 saturated carbocycles. The monoisotopic (exact) mass is 389 g/mol. The van der Waals surface area contributed by atoms with Crippen molar-refractivity contribution in [2.45, 2.75) is 13.8 Å². The maximum Gasteiger partial charge on any atom is 0.347 e. The standard InChI is InChI=1S/C23H19NO5/c1-13-6-4-5-7-17(13)24-21-19(15-8-10-16(11-9-15)22(25)27-3)20-18(29-21)12-14(2)28-23(20)26/h4-12,24H,1-3H3. The summed E-state index contributed by atoms with van der Waals surface area (Å²) in [6, 6.07) is 16.3. The second-order valence-corrected chi connectivity index (χ2v) is 6.70. The van der Waals surface area contributed by atoms with Gasteiger partial charge < -0.3 is 18.9 Å². The SMILES string of the molecule is COC(=O)c1ccc(-c2c(Nc3ccccc3C)oc3cc(C)oc(=O)c23)cc1. The molecule has 0 spiro atoms. The van der Waals surface area contributed by atoms with Crippen molar-refractivity contribution in [1.82, 2.24) is 0 Å². The summed E-state index contributed by atoms with van der Waals surface area (Å²) < 4.78 is 16.1. The minimum absolute atomic E-state index is 0.345. The average Bonchev–Trinajstić information content (AvgIpc) is 3.07. The number of hydrogen-bond acceptors (Lipinski definition) is 6. The molecule has 2 aromatic carbocycles. The maximum absolute atomic E-state index is 12.6. The summed E-state index contributed by atoms with van der Waals surface area (Å²) in [5.41, 5.74) is 3.55. The zero-order chi connectivity index (χ0) is 20.5. The third-order valence-corrected chi connectivity index (χ3v) is 4.72. The van der Waals surface area contributed by atoms with Crippen molar-refractivity contribution in [2.75, 3.05) is 12.4 Å². The Labute approximate surface area is 166 Å². The number of carbonyl (C=O) groups is 1. The predicted octanol–water partition coefficient (Wildman–Crippen LogP) is 5.20. The molecule has 0 saturated heterocycles. The highest BCUT2D eigenvalue weighted by Gasteiger charge is 2.21. The number of carbonyl (C=O) groups excluding carboxylic acids is 1. The lowest BCUT2D eigenvalue weighted by Gasteiger charge is -2.09. The summed E-state index contributed by atoms with van der Waals surface area (Å²) in [4.78, 5) is 24.4. The highest BCUT2D eigenvalue weighted by Crippen LogP contribution is 2.39. The quantitative estimate of drug-likeness (QED) is 0.483. The Hall–Kier alpha value is -3.80. The Balaban J connectivity index is 1.92. The molecule has 1 N–H and O–H groups in total. The molecule has 0 aliphatic rings. The van der Waals surface area contributed by atoms with Crippen LogP contribution in [0.15, 0.2) is 68.2 Å². The number of methoxy groups -OCH3 is 1. The number of ether oxygens (including phenoxy) is 1. The van der Waals surface area contributed by atoms with Crippen LogP contribution < -0.4 is 10.9 Å². The maximum atomic E-state index is 12.6. The number of esters is 1. The topological polar surface area (TPSA) is 81.7 Å². The first-order chi connectivity index (χ1) is 14.0. The molecule has 0 radical (unpaired) electrons. The van der Waals surface area contributed by atoms with Gasteiger partial charge in [0.1, 0.15) is 16.7 Å². The van der Waals surface area contributed by atoms with Gasteiger partial charge in [0.25, 0.3) is 0 Å². The van der Waals surface area contributed by atoms with Crippen LogP contribution >= 0.6 is 0 Å². The fourth-order valence-corrected chi connectivity index (χ4v) is 3.25. The number of aryl methyl sites for hydroxylation is 2. The smallest absolute Gasteiger partial charge is 0.347 e. The lowest BCUT2D eigenvalue weighted by molar-refractivity contribution is 0.0601. The van der Waals surface area contributed by atoms with Gasteiger partial charge in [-0.25, -0.2) is 9.59 Å². The van der Waals surface area contributed by atoms with Crippen LogP contribution in [0.2, 0.25) is 0 Å². The molecule has 4 aromatic rings. The lowest BCUT2D eigenvalue weighted by Crippen LogP contribution is -2.02. The molecule has 4 rings (SSSR count). The highest BCUT2D eigenvalue weighted by atomic mass is 16.5. The van der Waals surface area contributed by atoms with Crippen molar-refractivity contribution in [3.05, 3.63) is 81.9 Å². The molecule has 0 aliphatic heterocycles. The summed E-state index contributed by atoms with van der Waals surface area (Å²) in [5, 5.41) is 3.63. The van der Waals surface area contributed by atoms with Crippen LogP contribution in [0.4, 0.5) is 11.6 Å². The van der Waals surface area contributed by atoms with E-state index in [0.29, 0.717) is 39.3 Å². The minimum Gasteiger partial charge on any atom is -0.465 e. The van der Waals surface area contributed by atoms with Gasteiger partial charge in [0.2, 0.25) is 5.88 Å². The van der Waals surface area contributed by atoms with E-state index in [1.165, 1.54) is 7.11 Å². The molecule has 2 aromatic heterocycles. The van der Waals surface area contributed by atoms with Gasteiger partial charge in [-0.3, -0.25) is 0 Å². The van der Waals surface area contributed by atoms with Crippen LogP contribution in [-0.4, -0.2) is 13.1 Å². The van der Waals surface area contributed by atoms with Gasteiger partial charge in [-0.05, 0) is 43.2 Å². The van der Waals surface area contributed by atoms with Crippen LogP contribution in [0.5, 0.6) is 0 Å². The number of rotatable bonds is 4. The van der Waals surface area contributed by atoms with Gasteiger partial charge in [0.15, 0.2) is 0 Å². The fraction of sp³-hybridized carbons (Fsp3) is 0.130. The first-order valence-corrected chi connectivity index (χ1v) is 9.06. The Morgan fingerprint density at radius 2 is 1.72 bits per heavy atom. The van der Waals surface area contributed by atoms with Gasteiger partial charge in [-0.1, -0.05) is 30.3 Å². The molecule has 0 fully saturated rings. The molecule has 29 heavy (non-hydrogen) atoms. The van der Waals surface area contributed by atoms with E-state index in [2.05, 4.69) is 5.32 Å². The van der Waals surface area contributed by atoms with E-state index in [0.717, 1.165) is 11.3 Å². The Morgan fingerprint density at radius 3 is 2.41 bits per heavy atom. The van der Waals surface area contributed by atoms with E-state index in [-0.39, 0.29) is 0 Å². The fourth-order valence-electron chi connectivity index (χ4n) is 3.25. The largest absolute Gasteiger partial charge is 0.465 e. The molecule has 0 atom stereocenters. The number of furan rings is 1. The third kappa shape index (κ3) is 3.40. The van der Waals surface area contributed by atoms with E-state index < -0.39 is 11.6 Å². The number of nitrogens with one attached hydrogen (secondary N) is 1. The predicted molar refractivity (Wildman–Crippen MR) is 111 cm³/mol. The third-order valence-electron chi connectivity index (χ3n) is 4.72. The van der Waals surface area contributed by atoms with Crippen molar-refractivity contribution >= 4 is 28.5 Å². The summed E-state index contributed by atoms with van der Waals surface area (Å²) in [7, 11) is 1.33. The van der Waals surface area contributed by atoms with Crippen molar-refractivity contribution in [3.63, 3.8) is 0 Å². The Bertz CT molecular complexity index is 1260. The second kappa shape index (κ2) is 7.31. The Morgan fingerprint density at radius 1 is 1.00 bits per heavy atom. The molecule has 6 heteroatoms. The van der Waals surface area contributed by atoms with Crippen molar-refractivity contribution in [3.8, 4) is 11.1 Å². The Kier molecular flexibility index (Phi) is 4.68. The van der Waals surface area contributed by atoms with Gasteiger partial charge in [0.05, 0.1) is 18.2 Å². The molecule has 146 valence electrons. The summed E-state index contributed by atoms with van der Waals surface area (Å²) in [6.45, 7) is 3.68. The van der Waals surface area contributed by atoms with Crippen LogP contribution in [0, 0.1) is 13.8 Å². The summed E-state index contributed by atoms with van der Waals surface area (Å²) in [6.07, 6.45) is 0. The van der Waals surface area contributed by atoms with Gasteiger partial charge in [-0.15, -0.1) is 0 Å². The van der Waals surface area contributed by atoms with Gasteiger partial charge in [-0.2, -0.15) is 0 Å². The van der Waals surface area contributed by atoms with Crippen LogP contribution in [-0.2, 0) is 4.74 Å². The molecule has 0 aliphatic carbocycles. The van der Waals surface area contributed by atoms with Crippen LogP contribution in [0.25, 0.3) is 22.1 Å². The number of fused-ring (bicyclic) bond motifs is 1. The number of benzene rings is 2. The van der Waals surface area contributed by atoms with Crippen LogP contribution in [0.1, 0.15) is 21.7 Å². The van der Waals surface area contributed by atoms with E-state index in [9.17, 15) is 9.59 Å². The normalized spacial score (nSPS) is 10.9. The van der Waals surface area contributed by atoms with Crippen molar-refractivity contribution in [2.24, 2.45) is 0 Å². The molecular weight excluding hydrogens is 370 g/mol. The average molecular weight is 389 g/mol. The minimum atomic E-state index is -0.478. The highest BCUT2D eigenvalue weighted by molar-refractivity contribution is 6.01. The summed E-state index contributed by atoms with van der Waals surface area (Å²) >= 11 is 0. The lowest BCUT2D eigenvalue weighted by atomic mass is 10.0.